The quantitative estimate of drug-likeness (QED) is 0.840. The molecule has 0 aromatic heterocycles. The van der Waals surface area contributed by atoms with Crippen LogP contribution in [-0.2, 0) is 5.60 Å². The third kappa shape index (κ3) is 2.40. The molecule has 3 rings (SSSR count). The monoisotopic (exact) mass is 274 g/mol. The summed E-state index contributed by atoms with van der Waals surface area (Å²) in [5.74, 6) is 0.857. The third-order valence-electron chi connectivity index (χ3n) is 5.63. The van der Waals surface area contributed by atoms with E-state index in [9.17, 15) is 5.11 Å². The SMILES string of the molecule is C[N+]1(C)CCC(C(O)(c2ccccc2)C2CCCC2)C1. The van der Waals surface area contributed by atoms with E-state index in [1.54, 1.807) is 0 Å². The lowest BCUT2D eigenvalue weighted by molar-refractivity contribution is -0.879. The number of rotatable bonds is 3. The Bertz CT molecular complexity index is 450. The van der Waals surface area contributed by atoms with E-state index >= 15 is 0 Å². The highest BCUT2D eigenvalue weighted by Crippen LogP contribution is 2.48. The van der Waals surface area contributed by atoms with Crippen LogP contribution in [0.15, 0.2) is 30.3 Å². The molecule has 1 heterocycles. The van der Waals surface area contributed by atoms with E-state index in [-0.39, 0.29) is 0 Å². The molecule has 1 aromatic rings. The van der Waals surface area contributed by atoms with Gasteiger partial charge in [-0.3, -0.25) is 0 Å². The Morgan fingerprint density at radius 1 is 1.00 bits per heavy atom. The minimum atomic E-state index is -0.607. The van der Waals surface area contributed by atoms with Gasteiger partial charge in [-0.2, -0.15) is 0 Å². The van der Waals surface area contributed by atoms with Crippen molar-refractivity contribution in [2.24, 2.45) is 11.8 Å². The Labute approximate surface area is 123 Å². The normalized spacial score (nSPS) is 29.4. The molecule has 1 saturated heterocycles. The Balaban J connectivity index is 1.95. The molecule has 0 radical (unpaired) electrons. The highest BCUT2D eigenvalue weighted by molar-refractivity contribution is 5.25. The number of aliphatic hydroxyl groups is 1. The predicted octanol–water partition coefficient (Wildman–Crippen LogP) is 3.16. The molecule has 1 N–H and O–H groups in total. The van der Waals surface area contributed by atoms with Gasteiger partial charge in [0.2, 0.25) is 0 Å². The molecule has 0 amide bonds. The number of likely N-dealkylation sites (tertiary alicyclic amines) is 1. The molecule has 1 aliphatic heterocycles. The van der Waals surface area contributed by atoms with Gasteiger partial charge in [-0.25, -0.2) is 0 Å². The van der Waals surface area contributed by atoms with Crippen molar-refractivity contribution in [1.29, 1.82) is 0 Å². The first-order valence-electron chi connectivity index (χ1n) is 8.12. The van der Waals surface area contributed by atoms with Gasteiger partial charge in [0.25, 0.3) is 0 Å². The van der Waals surface area contributed by atoms with E-state index in [2.05, 4.69) is 38.4 Å². The molecular weight excluding hydrogens is 246 g/mol. The molecule has 20 heavy (non-hydrogen) atoms. The van der Waals surface area contributed by atoms with Crippen LogP contribution in [0.25, 0.3) is 0 Å². The van der Waals surface area contributed by atoms with E-state index in [1.807, 2.05) is 6.07 Å². The van der Waals surface area contributed by atoms with Crippen molar-refractivity contribution in [1.82, 2.24) is 0 Å². The lowest BCUT2D eigenvalue weighted by Crippen LogP contribution is -2.45. The van der Waals surface area contributed by atoms with Gasteiger partial charge in [0, 0.05) is 12.3 Å². The topological polar surface area (TPSA) is 20.2 Å². The summed E-state index contributed by atoms with van der Waals surface area (Å²) in [5.41, 5.74) is 0.544. The zero-order valence-electron chi connectivity index (χ0n) is 12.9. The summed E-state index contributed by atoms with van der Waals surface area (Å²) in [6, 6.07) is 10.5. The Morgan fingerprint density at radius 2 is 1.65 bits per heavy atom. The maximum absolute atomic E-state index is 11.7. The first-order valence-corrected chi connectivity index (χ1v) is 8.12. The molecule has 0 spiro atoms. The van der Waals surface area contributed by atoms with Crippen LogP contribution in [0.2, 0.25) is 0 Å². The van der Waals surface area contributed by atoms with Crippen LogP contribution in [0.3, 0.4) is 0 Å². The second-order valence-electron chi connectivity index (χ2n) is 7.50. The Morgan fingerprint density at radius 3 is 2.20 bits per heavy atom. The van der Waals surface area contributed by atoms with E-state index in [0.717, 1.165) is 23.0 Å². The van der Waals surface area contributed by atoms with Gasteiger partial charge in [-0.05, 0) is 24.3 Å². The highest BCUT2D eigenvalue weighted by Gasteiger charge is 2.50. The molecule has 1 aromatic carbocycles. The van der Waals surface area contributed by atoms with Crippen LogP contribution >= 0.6 is 0 Å². The van der Waals surface area contributed by atoms with E-state index < -0.39 is 5.60 Å². The van der Waals surface area contributed by atoms with Crippen LogP contribution < -0.4 is 0 Å². The van der Waals surface area contributed by atoms with E-state index in [1.165, 1.54) is 32.2 Å². The largest absolute Gasteiger partial charge is 0.384 e. The van der Waals surface area contributed by atoms with Crippen molar-refractivity contribution >= 4 is 0 Å². The molecule has 2 nitrogen and oxygen atoms in total. The predicted molar refractivity (Wildman–Crippen MR) is 82.2 cm³/mol. The second kappa shape index (κ2) is 5.16. The van der Waals surface area contributed by atoms with E-state index in [4.69, 9.17) is 0 Å². The van der Waals surface area contributed by atoms with Crippen molar-refractivity contribution < 1.29 is 9.59 Å². The first kappa shape index (κ1) is 14.1. The summed E-state index contributed by atoms with van der Waals surface area (Å²) in [5, 5.41) is 11.7. The van der Waals surface area contributed by atoms with E-state index in [0.29, 0.717) is 11.8 Å². The third-order valence-corrected chi connectivity index (χ3v) is 5.63. The Kier molecular flexibility index (Phi) is 3.64. The van der Waals surface area contributed by atoms with Gasteiger partial charge >= 0.3 is 0 Å². The van der Waals surface area contributed by atoms with Crippen molar-refractivity contribution in [3.63, 3.8) is 0 Å². The van der Waals surface area contributed by atoms with Gasteiger partial charge in [0.1, 0.15) is 5.60 Å². The molecule has 2 fully saturated rings. The lowest BCUT2D eigenvalue weighted by atomic mass is 9.71. The van der Waals surface area contributed by atoms with Gasteiger partial charge in [-0.15, -0.1) is 0 Å². The van der Waals surface area contributed by atoms with Crippen molar-refractivity contribution in [3.8, 4) is 0 Å². The van der Waals surface area contributed by atoms with Crippen LogP contribution in [0, 0.1) is 11.8 Å². The average Bonchev–Trinajstić information content (AvgIpc) is 3.08. The first-order chi connectivity index (χ1) is 9.52. The fraction of sp³-hybridized carbons (Fsp3) is 0.667. The van der Waals surface area contributed by atoms with Gasteiger partial charge < -0.3 is 9.59 Å². The molecule has 1 saturated carbocycles. The number of nitrogens with zero attached hydrogens (tertiary/aromatic N) is 1. The van der Waals surface area contributed by atoms with Crippen molar-refractivity contribution in [2.75, 3.05) is 27.2 Å². The molecule has 0 bridgehead atoms. The fourth-order valence-corrected chi connectivity index (χ4v) is 4.52. The summed E-state index contributed by atoms with van der Waals surface area (Å²) >= 11 is 0. The summed E-state index contributed by atoms with van der Waals surface area (Å²) in [6.07, 6.45) is 6.09. The molecule has 2 atom stereocenters. The molecular formula is C18H28NO+. The number of benzene rings is 1. The zero-order valence-corrected chi connectivity index (χ0v) is 12.9. The van der Waals surface area contributed by atoms with Gasteiger partial charge in [0.15, 0.2) is 0 Å². The summed E-state index contributed by atoms with van der Waals surface area (Å²) < 4.78 is 1.05. The number of quaternary nitrogens is 1. The van der Waals surface area contributed by atoms with Crippen molar-refractivity contribution in [3.05, 3.63) is 35.9 Å². The highest BCUT2D eigenvalue weighted by atomic mass is 16.3. The van der Waals surface area contributed by atoms with Crippen molar-refractivity contribution in [2.45, 2.75) is 37.7 Å². The molecule has 110 valence electrons. The van der Waals surface area contributed by atoms with Crippen LogP contribution in [0.4, 0.5) is 0 Å². The van der Waals surface area contributed by atoms with Crippen LogP contribution in [-0.4, -0.2) is 36.8 Å². The summed E-state index contributed by atoms with van der Waals surface area (Å²) in [7, 11) is 4.58. The molecule has 2 heteroatoms. The second-order valence-corrected chi connectivity index (χ2v) is 7.50. The van der Waals surface area contributed by atoms with Crippen LogP contribution in [0.1, 0.15) is 37.7 Å². The van der Waals surface area contributed by atoms with Gasteiger partial charge in [0.05, 0.1) is 27.2 Å². The number of hydrogen-bond acceptors (Lipinski definition) is 1. The maximum atomic E-state index is 11.7. The fourth-order valence-electron chi connectivity index (χ4n) is 4.52. The summed E-state index contributed by atoms with van der Waals surface area (Å²) in [4.78, 5) is 0. The van der Waals surface area contributed by atoms with Crippen LogP contribution in [0.5, 0.6) is 0 Å². The minimum absolute atomic E-state index is 0.406. The number of hydrogen-bond donors (Lipinski definition) is 1. The zero-order chi connectivity index (χ0) is 14.2. The molecule has 2 aliphatic rings. The molecule has 1 aliphatic carbocycles. The lowest BCUT2D eigenvalue weighted by Gasteiger charge is -2.39. The summed E-state index contributed by atoms with van der Waals surface area (Å²) in [6.45, 7) is 2.29. The maximum Gasteiger partial charge on any atom is 0.101 e. The minimum Gasteiger partial charge on any atom is -0.384 e. The Hall–Kier alpha value is -0.860. The van der Waals surface area contributed by atoms with Gasteiger partial charge in [-0.1, -0.05) is 43.2 Å². The average molecular weight is 274 g/mol. The molecule has 2 unspecified atom stereocenters. The smallest absolute Gasteiger partial charge is 0.101 e. The standard InChI is InChI=1S/C18H28NO/c1-19(2)13-12-17(14-19)18(20,16-10-6-7-11-16)15-8-4-3-5-9-15/h3-5,8-9,16-17,20H,6-7,10-14H2,1-2H3/q+1.